The standard InChI is InChI=1S/C14H19NO2/c15-14(17-12-8-2-1-3-9-12)10-13(16)11-6-4-5-7-11/h1-3,8-9,11,13,15-16H,4-7,10H2. The first-order chi connectivity index (χ1) is 8.25. The van der Waals surface area contributed by atoms with Gasteiger partial charge in [0, 0.05) is 6.42 Å². The van der Waals surface area contributed by atoms with Gasteiger partial charge in [-0.05, 0) is 30.9 Å². The maximum absolute atomic E-state index is 9.98. The van der Waals surface area contributed by atoms with E-state index in [0.29, 0.717) is 18.1 Å². The first kappa shape index (κ1) is 12.1. The van der Waals surface area contributed by atoms with Gasteiger partial charge in [-0.25, -0.2) is 0 Å². The summed E-state index contributed by atoms with van der Waals surface area (Å²) in [6.07, 6.45) is 4.47. The van der Waals surface area contributed by atoms with Crippen LogP contribution < -0.4 is 4.74 Å². The van der Waals surface area contributed by atoms with Gasteiger partial charge in [0.05, 0.1) is 6.10 Å². The maximum Gasteiger partial charge on any atom is 0.189 e. The van der Waals surface area contributed by atoms with Gasteiger partial charge in [-0.2, -0.15) is 0 Å². The molecule has 1 aromatic carbocycles. The average Bonchev–Trinajstić information content (AvgIpc) is 2.83. The molecule has 0 heterocycles. The van der Waals surface area contributed by atoms with Crippen molar-refractivity contribution in [2.24, 2.45) is 5.92 Å². The quantitative estimate of drug-likeness (QED) is 0.620. The zero-order valence-electron chi connectivity index (χ0n) is 9.93. The van der Waals surface area contributed by atoms with Crippen molar-refractivity contribution in [3.05, 3.63) is 30.3 Å². The molecule has 0 aliphatic heterocycles. The topological polar surface area (TPSA) is 53.3 Å². The lowest BCUT2D eigenvalue weighted by molar-refractivity contribution is 0.114. The van der Waals surface area contributed by atoms with Crippen LogP contribution in [0.15, 0.2) is 30.3 Å². The van der Waals surface area contributed by atoms with E-state index in [1.165, 1.54) is 12.8 Å². The summed E-state index contributed by atoms with van der Waals surface area (Å²) in [4.78, 5) is 0. The van der Waals surface area contributed by atoms with Crippen LogP contribution in [-0.4, -0.2) is 17.1 Å². The summed E-state index contributed by atoms with van der Waals surface area (Å²) in [6, 6.07) is 9.28. The number of nitrogens with one attached hydrogen (secondary N) is 1. The number of rotatable bonds is 4. The van der Waals surface area contributed by atoms with Crippen LogP contribution in [0, 0.1) is 11.3 Å². The monoisotopic (exact) mass is 233 g/mol. The first-order valence-electron chi connectivity index (χ1n) is 6.24. The maximum atomic E-state index is 9.98. The number of benzene rings is 1. The predicted octanol–water partition coefficient (Wildman–Crippen LogP) is 2.98. The van der Waals surface area contributed by atoms with Crippen LogP contribution in [0.5, 0.6) is 5.75 Å². The Labute approximate surface area is 102 Å². The molecule has 1 saturated carbocycles. The smallest absolute Gasteiger partial charge is 0.189 e. The molecule has 0 bridgehead atoms. The number of hydrogen-bond donors (Lipinski definition) is 2. The molecule has 3 nitrogen and oxygen atoms in total. The lowest BCUT2D eigenvalue weighted by Gasteiger charge is -2.17. The molecule has 1 aromatic rings. The van der Waals surface area contributed by atoms with E-state index in [1.807, 2.05) is 30.3 Å². The Kier molecular flexibility index (Phi) is 4.15. The highest BCUT2D eigenvalue weighted by Crippen LogP contribution is 2.29. The molecular weight excluding hydrogens is 214 g/mol. The third-order valence-corrected chi connectivity index (χ3v) is 3.32. The third-order valence-electron chi connectivity index (χ3n) is 3.32. The van der Waals surface area contributed by atoms with Crippen molar-refractivity contribution >= 4 is 5.90 Å². The van der Waals surface area contributed by atoms with Gasteiger partial charge >= 0.3 is 0 Å². The van der Waals surface area contributed by atoms with Crippen LogP contribution >= 0.6 is 0 Å². The van der Waals surface area contributed by atoms with E-state index in [-0.39, 0.29) is 5.90 Å². The van der Waals surface area contributed by atoms with Crippen molar-refractivity contribution in [1.29, 1.82) is 5.41 Å². The fraction of sp³-hybridized carbons (Fsp3) is 0.500. The van der Waals surface area contributed by atoms with Crippen molar-refractivity contribution in [3.63, 3.8) is 0 Å². The molecule has 1 aliphatic carbocycles. The Morgan fingerprint density at radius 1 is 1.29 bits per heavy atom. The minimum atomic E-state index is -0.422. The van der Waals surface area contributed by atoms with Crippen molar-refractivity contribution in [2.45, 2.75) is 38.2 Å². The summed E-state index contributed by atoms with van der Waals surface area (Å²) in [6.45, 7) is 0. The van der Waals surface area contributed by atoms with E-state index in [2.05, 4.69) is 0 Å². The van der Waals surface area contributed by atoms with Crippen LogP contribution in [0.4, 0.5) is 0 Å². The zero-order valence-corrected chi connectivity index (χ0v) is 9.93. The molecule has 1 fully saturated rings. The highest BCUT2D eigenvalue weighted by atomic mass is 16.5. The highest BCUT2D eigenvalue weighted by molar-refractivity contribution is 5.75. The summed E-state index contributed by atoms with van der Waals surface area (Å²) >= 11 is 0. The summed E-state index contributed by atoms with van der Waals surface area (Å²) < 4.78 is 5.37. The molecule has 0 aromatic heterocycles. The lowest BCUT2D eigenvalue weighted by Crippen LogP contribution is -2.23. The Hall–Kier alpha value is -1.35. The number of para-hydroxylation sites is 1. The molecule has 17 heavy (non-hydrogen) atoms. The predicted molar refractivity (Wildman–Crippen MR) is 67.4 cm³/mol. The number of aliphatic hydroxyl groups is 1. The van der Waals surface area contributed by atoms with Gasteiger partial charge in [0.25, 0.3) is 0 Å². The SMILES string of the molecule is N=C(CC(O)C1CCCC1)Oc1ccccc1. The molecular formula is C14H19NO2. The molecule has 0 saturated heterocycles. The van der Waals surface area contributed by atoms with Crippen LogP contribution in [-0.2, 0) is 0 Å². The fourth-order valence-corrected chi connectivity index (χ4v) is 2.37. The summed E-state index contributed by atoms with van der Waals surface area (Å²) in [7, 11) is 0. The second-order valence-electron chi connectivity index (χ2n) is 4.65. The van der Waals surface area contributed by atoms with Gasteiger partial charge in [-0.3, -0.25) is 5.41 Å². The summed E-state index contributed by atoms with van der Waals surface area (Å²) in [5.74, 6) is 1.17. The van der Waals surface area contributed by atoms with Crippen LogP contribution in [0.2, 0.25) is 0 Å². The first-order valence-corrected chi connectivity index (χ1v) is 6.24. The fourth-order valence-electron chi connectivity index (χ4n) is 2.37. The molecule has 2 rings (SSSR count). The molecule has 3 heteroatoms. The Bertz CT molecular complexity index is 358. The van der Waals surface area contributed by atoms with E-state index in [0.717, 1.165) is 12.8 Å². The summed E-state index contributed by atoms with van der Waals surface area (Å²) in [5, 5.41) is 17.7. The second-order valence-corrected chi connectivity index (χ2v) is 4.65. The van der Waals surface area contributed by atoms with Crippen molar-refractivity contribution in [2.75, 3.05) is 0 Å². The third kappa shape index (κ3) is 3.56. The Balaban J connectivity index is 1.80. The second kappa shape index (κ2) is 5.82. The number of hydrogen-bond acceptors (Lipinski definition) is 3. The largest absolute Gasteiger partial charge is 0.444 e. The number of aliphatic hydroxyl groups excluding tert-OH is 1. The summed E-state index contributed by atoms with van der Waals surface area (Å²) in [5.41, 5.74) is 0. The van der Waals surface area contributed by atoms with Gasteiger partial charge in [-0.15, -0.1) is 0 Å². The van der Waals surface area contributed by atoms with Crippen LogP contribution in [0.25, 0.3) is 0 Å². The van der Waals surface area contributed by atoms with Gasteiger partial charge in [0.1, 0.15) is 5.75 Å². The molecule has 0 spiro atoms. The van der Waals surface area contributed by atoms with Crippen molar-refractivity contribution < 1.29 is 9.84 Å². The van der Waals surface area contributed by atoms with E-state index < -0.39 is 6.10 Å². The van der Waals surface area contributed by atoms with E-state index >= 15 is 0 Å². The Morgan fingerprint density at radius 2 is 1.94 bits per heavy atom. The molecule has 1 atom stereocenters. The minimum absolute atomic E-state index is 0.149. The molecule has 0 radical (unpaired) electrons. The molecule has 2 N–H and O–H groups in total. The zero-order chi connectivity index (χ0) is 12.1. The van der Waals surface area contributed by atoms with Gasteiger partial charge in [0.2, 0.25) is 0 Å². The van der Waals surface area contributed by atoms with E-state index in [4.69, 9.17) is 10.1 Å². The van der Waals surface area contributed by atoms with Gasteiger partial charge in [0.15, 0.2) is 5.90 Å². The van der Waals surface area contributed by atoms with Crippen LogP contribution in [0.3, 0.4) is 0 Å². The normalized spacial score (nSPS) is 17.9. The minimum Gasteiger partial charge on any atom is -0.444 e. The average molecular weight is 233 g/mol. The molecule has 1 unspecified atom stereocenters. The lowest BCUT2D eigenvalue weighted by atomic mass is 9.98. The Morgan fingerprint density at radius 3 is 2.59 bits per heavy atom. The van der Waals surface area contributed by atoms with E-state index in [9.17, 15) is 5.11 Å². The van der Waals surface area contributed by atoms with Crippen molar-refractivity contribution in [1.82, 2.24) is 0 Å². The molecule has 0 amide bonds. The highest BCUT2D eigenvalue weighted by Gasteiger charge is 2.24. The van der Waals surface area contributed by atoms with E-state index in [1.54, 1.807) is 0 Å². The molecule has 92 valence electrons. The van der Waals surface area contributed by atoms with Crippen LogP contribution in [0.1, 0.15) is 32.1 Å². The van der Waals surface area contributed by atoms with Gasteiger partial charge in [-0.1, -0.05) is 31.0 Å². The number of ether oxygens (including phenoxy) is 1. The molecule has 1 aliphatic rings. The van der Waals surface area contributed by atoms with Crippen molar-refractivity contribution in [3.8, 4) is 5.75 Å². The van der Waals surface area contributed by atoms with Gasteiger partial charge < -0.3 is 9.84 Å².